The SMILES string of the molecule is COc1ccc(CC(=O)OCc2csc(-c3ccc(C)cc3)n2)cc1OC. The average molecular weight is 383 g/mol. The van der Waals surface area contributed by atoms with Gasteiger partial charge in [0.2, 0.25) is 0 Å². The molecule has 0 amide bonds. The van der Waals surface area contributed by atoms with Crippen molar-refractivity contribution >= 4 is 17.3 Å². The third kappa shape index (κ3) is 4.86. The molecule has 3 aromatic rings. The van der Waals surface area contributed by atoms with Crippen LogP contribution in [0.2, 0.25) is 0 Å². The molecule has 0 bridgehead atoms. The Hall–Kier alpha value is -2.86. The predicted octanol–water partition coefficient (Wildman–Crippen LogP) is 4.42. The van der Waals surface area contributed by atoms with Crippen molar-refractivity contribution in [1.82, 2.24) is 4.98 Å². The van der Waals surface area contributed by atoms with Gasteiger partial charge in [-0.15, -0.1) is 11.3 Å². The lowest BCUT2D eigenvalue weighted by atomic mass is 10.1. The number of ether oxygens (including phenoxy) is 3. The van der Waals surface area contributed by atoms with Gasteiger partial charge in [-0.25, -0.2) is 4.98 Å². The summed E-state index contributed by atoms with van der Waals surface area (Å²) in [5.74, 6) is 0.901. The smallest absolute Gasteiger partial charge is 0.310 e. The molecule has 140 valence electrons. The maximum atomic E-state index is 12.1. The second kappa shape index (κ2) is 8.68. The van der Waals surface area contributed by atoms with Crippen molar-refractivity contribution < 1.29 is 19.0 Å². The molecule has 0 fully saturated rings. The third-order valence-electron chi connectivity index (χ3n) is 4.03. The highest BCUT2D eigenvalue weighted by Gasteiger charge is 2.11. The summed E-state index contributed by atoms with van der Waals surface area (Å²) in [6, 6.07) is 13.6. The van der Waals surface area contributed by atoms with Crippen LogP contribution in [0.15, 0.2) is 47.8 Å². The Labute approximate surface area is 162 Å². The number of thiazole rings is 1. The van der Waals surface area contributed by atoms with Crippen LogP contribution in [-0.2, 0) is 22.6 Å². The first-order chi connectivity index (χ1) is 13.1. The Bertz CT molecular complexity index is 918. The summed E-state index contributed by atoms with van der Waals surface area (Å²) in [7, 11) is 3.14. The van der Waals surface area contributed by atoms with E-state index in [1.165, 1.54) is 5.56 Å². The molecule has 0 N–H and O–H groups in total. The van der Waals surface area contributed by atoms with Crippen molar-refractivity contribution in [3.05, 3.63) is 64.7 Å². The number of carbonyl (C=O) groups excluding carboxylic acids is 1. The number of aryl methyl sites for hydroxylation is 1. The summed E-state index contributed by atoms with van der Waals surface area (Å²) in [6.07, 6.45) is 0.162. The van der Waals surface area contributed by atoms with Crippen LogP contribution in [0.25, 0.3) is 10.6 Å². The highest BCUT2D eigenvalue weighted by molar-refractivity contribution is 7.13. The first-order valence-corrected chi connectivity index (χ1v) is 9.35. The van der Waals surface area contributed by atoms with Gasteiger partial charge in [0.25, 0.3) is 0 Å². The van der Waals surface area contributed by atoms with E-state index < -0.39 is 0 Å². The minimum Gasteiger partial charge on any atom is -0.493 e. The van der Waals surface area contributed by atoms with Crippen molar-refractivity contribution in [2.75, 3.05) is 14.2 Å². The lowest BCUT2D eigenvalue weighted by molar-refractivity contribution is -0.144. The predicted molar refractivity (Wildman–Crippen MR) is 105 cm³/mol. The molecule has 0 atom stereocenters. The van der Waals surface area contributed by atoms with Gasteiger partial charge < -0.3 is 14.2 Å². The second-order valence-electron chi connectivity index (χ2n) is 6.04. The maximum Gasteiger partial charge on any atom is 0.310 e. The van der Waals surface area contributed by atoms with E-state index in [9.17, 15) is 4.79 Å². The molecule has 0 radical (unpaired) electrons. The molecule has 27 heavy (non-hydrogen) atoms. The van der Waals surface area contributed by atoms with Crippen LogP contribution in [0, 0.1) is 6.92 Å². The number of rotatable bonds is 7. The molecular formula is C21H21NO4S. The highest BCUT2D eigenvalue weighted by atomic mass is 32.1. The molecule has 0 aliphatic heterocycles. The molecule has 0 unspecified atom stereocenters. The van der Waals surface area contributed by atoms with Crippen molar-refractivity contribution in [2.24, 2.45) is 0 Å². The van der Waals surface area contributed by atoms with Crippen molar-refractivity contribution in [3.63, 3.8) is 0 Å². The van der Waals surface area contributed by atoms with Gasteiger partial charge in [-0.2, -0.15) is 0 Å². The van der Waals surface area contributed by atoms with Gasteiger partial charge in [0, 0.05) is 10.9 Å². The number of methoxy groups -OCH3 is 2. The zero-order valence-corrected chi connectivity index (χ0v) is 16.3. The summed E-state index contributed by atoms with van der Waals surface area (Å²) >= 11 is 1.54. The zero-order chi connectivity index (χ0) is 19.2. The van der Waals surface area contributed by atoms with Crippen LogP contribution in [-0.4, -0.2) is 25.2 Å². The number of benzene rings is 2. The zero-order valence-electron chi connectivity index (χ0n) is 15.5. The topological polar surface area (TPSA) is 57.7 Å². The molecule has 0 aliphatic carbocycles. The first kappa shape index (κ1) is 18.9. The summed E-state index contributed by atoms with van der Waals surface area (Å²) in [4.78, 5) is 16.7. The molecule has 2 aromatic carbocycles. The molecule has 0 aliphatic rings. The second-order valence-corrected chi connectivity index (χ2v) is 6.89. The maximum absolute atomic E-state index is 12.1. The van der Waals surface area contributed by atoms with Crippen LogP contribution in [0.3, 0.4) is 0 Å². The molecule has 0 saturated heterocycles. The van der Waals surface area contributed by atoms with E-state index in [-0.39, 0.29) is 19.0 Å². The molecule has 1 heterocycles. The summed E-state index contributed by atoms with van der Waals surface area (Å²) < 4.78 is 15.8. The Morgan fingerprint density at radius 2 is 1.78 bits per heavy atom. The van der Waals surface area contributed by atoms with E-state index in [1.807, 2.05) is 23.6 Å². The van der Waals surface area contributed by atoms with E-state index in [1.54, 1.807) is 37.7 Å². The van der Waals surface area contributed by atoms with E-state index >= 15 is 0 Å². The highest BCUT2D eigenvalue weighted by Crippen LogP contribution is 2.28. The fraction of sp³-hybridized carbons (Fsp3) is 0.238. The fourth-order valence-electron chi connectivity index (χ4n) is 2.56. The minimum absolute atomic E-state index is 0.161. The fourth-order valence-corrected chi connectivity index (χ4v) is 3.38. The van der Waals surface area contributed by atoms with E-state index in [0.29, 0.717) is 11.5 Å². The van der Waals surface area contributed by atoms with Gasteiger partial charge in [0.05, 0.1) is 26.3 Å². The number of carbonyl (C=O) groups is 1. The quantitative estimate of drug-likeness (QED) is 0.565. The summed E-state index contributed by atoms with van der Waals surface area (Å²) in [6.45, 7) is 2.21. The lowest BCUT2D eigenvalue weighted by Gasteiger charge is -2.09. The van der Waals surface area contributed by atoms with Crippen LogP contribution in [0.4, 0.5) is 0 Å². The minimum atomic E-state index is -0.313. The van der Waals surface area contributed by atoms with Crippen LogP contribution < -0.4 is 9.47 Å². The van der Waals surface area contributed by atoms with Crippen LogP contribution in [0.1, 0.15) is 16.8 Å². The first-order valence-electron chi connectivity index (χ1n) is 8.47. The van der Waals surface area contributed by atoms with Crippen molar-refractivity contribution in [3.8, 4) is 22.1 Å². The van der Waals surface area contributed by atoms with E-state index in [4.69, 9.17) is 14.2 Å². The van der Waals surface area contributed by atoms with E-state index in [2.05, 4.69) is 24.0 Å². The van der Waals surface area contributed by atoms with Crippen molar-refractivity contribution in [2.45, 2.75) is 20.0 Å². The number of esters is 1. The largest absolute Gasteiger partial charge is 0.493 e. The number of hydrogen-bond donors (Lipinski definition) is 0. The third-order valence-corrected chi connectivity index (χ3v) is 4.97. The molecular weight excluding hydrogens is 362 g/mol. The summed E-state index contributed by atoms with van der Waals surface area (Å²) in [5.41, 5.74) is 3.82. The van der Waals surface area contributed by atoms with E-state index in [0.717, 1.165) is 21.8 Å². The monoisotopic (exact) mass is 383 g/mol. The van der Waals surface area contributed by atoms with Gasteiger partial charge in [0.15, 0.2) is 11.5 Å². The van der Waals surface area contributed by atoms with Gasteiger partial charge in [0.1, 0.15) is 11.6 Å². The standard InChI is InChI=1S/C21H21NO4S/c1-14-4-7-16(8-5-14)21-22-17(13-27-21)12-26-20(23)11-15-6-9-18(24-2)19(10-15)25-3/h4-10,13H,11-12H2,1-3H3. The van der Waals surface area contributed by atoms with Gasteiger partial charge in [-0.05, 0) is 24.6 Å². The molecule has 0 spiro atoms. The average Bonchev–Trinajstić information content (AvgIpc) is 3.16. The molecule has 6 heteroatoms. The summed E-state index contributed by atoms with van der Waals surface area (Å²) in [5, 5.41) is 2.83. The molecule has 3 rings (SSSR count). The Morgan fingerprint density at radius 3 is 2.48 bits per heavy atom. The van der Waals surface area contributed by atoms with Gasteiger partial charge >= 0.3 is 5.97 Å². The normalized spacial score (nSPS) is 10.5. The molecule has 5 nitrogen and oxygen atoms in total. The van der Waals surface area contributed by atoms with Gasteiger partial charge in [-0.1, -0.05) is 35.9 Å². The van der Waals surface area contributed by atoms with Crippen molar-refractivity contribution in [1.29, 1.82) is 0 Å². The Kier molecular flexibility index (Phi) is 6.08. The van der Waals surface area contributed by atoms with Gasteiger partial charge in [-0.3, -0.25) is 4.79 Å². The number of nitrogens with zero attached hydrogens (tertiary/aromatic N) is 1. The lowest BCUT2D eigenvalue weighted by Crippen LogP contribution is -2.08. The molecule has 0 saturated carbocycles. The number of aromatic nitrogens is 1. The van der Waals surface area contributed by atoms with Crippen LogP contribution in [0.5, 0.6) is 11.5 Å². The van der Waals surface area contributed by atoms with Crippen LogP contribution >= 0.6 is 11.3 Å². The molecule has 1 aromatic heterocycles. The number of hydrogen-bond acceptors (Lipinski definition) is 6. The Morgan fingerprint density at radius 1 is 1.04 bits per heavy atom. The Balaban J connectivity index is 1.57.